The van der Waals surface area contributed by atoms with Crippen molar-refractivity contribution in [3.63, 3.8) is 0 Å². The highest BCUT2D eigenvalue weighted by atomic mass is 32.1. The minimum absolute atomic E-state index is 0.541. The molecule has 1 aromatic heterocycles. The molecule has 3 heteroatoms. The quantitative estimate of drug-likeness (QED) is 0.144. The van der Waals surface area contributed by atoms with Crippen LogP contribution in [-0.2, 0) is 5.41 Å². The predicted octanol–water partition coefficient (Wildman–Crippen LogP) is 16.8. The lowest BCUT2D eigenvalue weighted by Crippen LogP contribution is -2.28. The van der Waals surface area contributed by atoms with Crippen LogP contribution >= 0.6 is 11.3 Å². The first kappa shape index (κ1) is 38.6. The Morgan fingerprint density at radius 1 is 0.323 bits per heavy atom. The van der Waals surface area contributed by atoms with Crippen molar-refractivity contribution in [1.82, 2.24) is 4.98 Å². The van der Waals surface area contributed by atoms with E-state index in [1.165, 1.54) is 55.6 Å². The second kappa shape index (κ2) is 16.2. The Morgan fingerprint density at radius 3 is 1.38 bits per heavy atom. The number of hydrogen-bond donors (Lipinski definition) is 0. The molecule has 0 saturated heterocycles. The van der Waals surface area contributed by atoms with Crippen molar-refractivity contribution in [2.45, 2.75) is 5.41 Å². The van der Waals surface area contributed by atoms with Gasteiger partial charge in [-0.15, -0.1) is 11.3 Å². The van der Waals surface area contributed by atoms with Gasteiger partial charge in [0, 0.05) is 22.6 Å². The molecule has 306 valence electrons. The van der Waals surface area contributed by atoms with Crippen LogP contribution in [0.25, 0.3) is 65.3 Å². The van der Waals surface area contributed by atoms with Crippen LogP contribution < -0.4 is 4.90 Å². The molecule has 0 N–H and O–H groups in total. The summed E-state index contributed by atoms with van der Waals surface area (Å²) in [6, 6.07) is 92.8. The van der Waals surface area contributed by atoms with Crippen LogP contribution in [0.5, 0.6) is 0 Å². The van der Waals surface area contributed by atoms with Gasteiger partial charge < -0.3 is 4.90 Å². The van der Waals surface area contributed by atoms with Gasteiger partial charge in [0.2, 0.25) is 0 Å². The maximum absolute atomic E-state index is 5.33. The standard InChI is InChI=1S/C62H42N2S/c1-6-18-43(19-7-1)46-30-32-47(33-31-46)61-63-59-42-53(35-37-60(59)65-61)64(54-39-48(44-20-8-2-9-21-44)38-49(40-54)45-22-10-3-11-23-45)52-34-36-56-55-28-16-17-29-57(55)62(58(56)41-52,50-24-12-4-13-25-50)51-26-14-5-15-27-51/h1-42H. The lowest BCUT2D eigenvalue weighted by atomic mass is 9.67. The third kappa shape index (κ3) is 6.77. The molecule has 0 unspecified atom stereocenters. The zero-order valence-electron chi connectivity index (χ0n) is 35.6. The van der Waals surface area contributed by atoms with Gasteiger partial charge in [-0.25, -0.2) is 4.98 Å². The third-order valence-corrected chi connectivity index (χ3v) is 14.0. The average Bonchev–Trinajstić information content (AvgIpc) is 3.95. The van der Waals surface area contributed by atoms with E-state index in [-0.39, 0.29) is 0 Å². The van der Waals surface area contributed by atoms with E-state index in [2.05, 4.69) is 260 Å². The van der Waals surface area contributed by atoms with E-state index in [4.69, 9.17) is 4.98 Å². The Morgan fingerprint density at radius 2 is 0.785 bits per heavy atom. The summed E-state index contributed by atoms with van der Waals surface area (Å²) in [5, 5.41) is 1.01. The van der Waals surface area contributed by atoms with E-state index in [1.807, 2.05) is 0 Å². The van der Waals surface area contributed by atoms with Crippen molar-refractivity contribution in [2.75, 3.05) is 4.90 Å². The summed E-state index contributed by atoms with van der Waals surface area (Å²) < 4.78 is 1.15. The topological polar surface area (TPSA) is 16.1 Å². The van der Waals surface area contributed by atoms with Gasteiger partial charge in [0.25, 0.3) is 0 Å². The summed E-state index contributed by atoms with van der Waals surface area (Å²) in [7, 11) is 0. The van der Waals surface area contributed by atoms with E-state index in [1.54, 1.807) is 11.3 Å². The number of nitrogens with zero attached hydrogens (tertiary/aromatic N) is 2. The largest absolute Gasteiger partial charge is 0.310 e. The molecule has 2 nitrogen and oxygen atoms in total. The first-order valence-corrected chi connectivity index (χ1v) is 23.0. The van der Waals surface area contributed by atoms with Gasteiger partial charge in [-0.05, 0) is 115 Å². The van der Waals surface area contributed by atoms with Crippen LogP contribution in [0.1, 0.15) is 22.3 Å². The molecular formula is C62H42N2S. The van der Waals surface area contributed by atoms with Gasteiger partial charge in [-0.2, -0.15) is 0 Å². The van der Waals surface area contributed by atoms with Crippen molar-refractivity contribution in [1.29, 1.82) is 0 Å². The van der Waals surface area contributed by atoms with Crippen LogP contribution in [0.4, 0.5) is 17.1 Å². The number of fused-ring (bicyclic) bond motifs is 4. The highest BCUT2D eigenvalue weighted by Crippen LogP contribution is 2.57. The Balaban J connectivity index is 1.08. The minimum atomic E-state index is -0.541. The number of aromatic nitrogens is 1. The fourth-order valence-corrected chi connectivity index (χ4v) is 10.9. The second-order valence-corrected chi connectivity index (χ2v) is 17.7. The SMILES string of the molecule is c1ccc(-c2ccc(-c3nc4cc(N(c5cc(-c6ccccc6)cc(-c6ccccc6)c5)c5ccc6c(c5)C(c5ccccc5)(c5ccccc5)c5ccccc5-6)ccc4s3)cc2)cc1. The van der Waals surface area contributed by atoms with Crippen molar-refractivity contribution >= 4 is 38.6 Å². The molecule has 11 aromatic rings. The van der Waals surface area contributed by atoms with Gasteiger partial charge in [-0.1, -0.05) is 206 Å². The number of hydrogen-bond acceptors (Lipinski definition) is 3. The molecule has 12 rings (SSSR count). The van der Waals surface area contributed by atoms with Crippen LogP contribution in [-0.4, -0.2) is 4.98 Å². The van der Waals surface area contributed by atoms with Gasteiger partial charge in [0.05, 0.1) is 15.6 Å². The molecule has 1 heterocycles. The number of benzene rings is 10. The molecule has 1 aliphatic carbocycles. The molecule has 0 bridgehead atoms. The molecule has 65 heavy (non-hydrogen) atoms. The van der Waals surface area contributed by atoms with Gasteiger partial charge >= 0.3 is 0 Å². The molecule has 0 saturated carbocycles. The van der Waals surface area contributed by atoms with Gasteiger partial charge in [-0.3, -0.25) is 0 Å². The maximum atomic E-state index is 5.33. The molecule has 0 aliphatic heterocycles. The fraction of sp³-hybridized carbons (Fsp3) is 0.0161. The Labute approximate surface area is 384 Å². The van der Waals surface area contributed by atoms with E-state index in [9.17, 15) is 0 Å². The van der Waals surface area contributed by atoms with E-state index in [0.717, 1.165) is 49.0 Å². The summed E-state index contributed by atoms with van der Waals surface area (Å²) >= 11 is 1.74. The minimum Gasteiger partial charge on any atom is -0.310 e. The third-order valence-electron chi connectivity index (χ3n) is 13.0. The number of anilines is 3. The first-order chi connectivity index (χ1) is 32.2. The summed E-state index contributed by atoms with van der Waals surface area (Å²) in [4.78, 5) is 7.77. The molecule has 0 atom stereocenters. The molecule has 0 radical (unpaired) electrons. The van der Waals surface area contributed by atoms with Crippen LogP contribution in [0, 0.1) is 0 Å². The molecule has 0 fully saturated rings. The summed E-state index contributed by atoms with van der Waals surface area (Å²) in [5.41, 5.74) is 19.3. The van der Waals surface area contributed by atoms with Crippen LogP contribution in [0.2, 0.25) is 0 Å². The fourth-order valence-electron chi connectivity index (χ4n) is 9.97. The zero-order chi connectivity index (χ0) is 43.2. The number of rotatable bonds is 9. The molecular weight excluding hydrogens is 805 g/mol. The highest BCUT2D eigenvalue weighted by molar-refractivity contribution is 7.21. The Kier molecular flexibility index (Phi) is 9.62. The molecule has 0 amide bonds. The zero-order valence-corrected chi connectivity index (χ0v) is 36.4. The van der Waals surface area contributed by atoms with Crippen molar-refractivity contribution < 1.29 is 0 Å². The molecule has 10 aromatic carbocycles. The highest BCUT2D eigenvalue weighted by Gasteiger charge is 2.46. The summed E-state index contributed by atoms with van der Waals surface area (Å²) in [6.45, 7) is 0. The van der Waals surface area contributed by atoms with Gasteiger partial charge in [0.1, 0.15) is 5.01 Å². The van der Waals surface area contributed by atoms with Crippen LogP contribution in [0.3, 0.4) is 0 Å². The smallest absolute Gasteiger partial charge is 0.124 e. The maximum Gasteiger partial charge on any atom is 0.124 e. The monoisotopic (exact) mass is 846 g/mol. The number of thiazole rings is 1. The van der Waals surface area contributed by atoms with E-state index >= 15 is 0 Å². The summed E-state index contributed by atoms with van der Waals surface area (Å²) in [5.74, 6) is 0. The normalized spacial score (nSPS) is 12.4. The Bertz CT molecular complexity index is 3360. The van der Waals surface area contributed by atoms with Crippen LogP contribution in [0.15, 0.2) is 255 Å². The first-order valence-electron chi connectivity index (χ1n) is 22.2. The molecule has 1 aliphatic rings. The predicted molar refractivity (Wildman–Crippen MR) is 273 cm³/mol. The molecule has 0 spiro atoms. The van der Waals surface area contributed by atoms with Crippen molar-refractivity contribution in [3.05, 3.63) is 277 Å². The van der Waals surface area contributed by atoms with E-state index in [0.29, 0.717) is 0 Å². The Hall–Kier alpha value is -8.11. The van der Waals surface area contributed by atoms with Crippen molar-refractivity contribution in [3.8, 4) is 55.1 Å². The van der Waals surface area contributed by atoms with E-state index < -0.39 is 5.41 Å². The lowest BCUT2D eigenvalue weighted by Gasteiger charge is -2.35. The lowest BCUT2D eigenvalue weighted by molar-refractivity contribution is 0.768. The van der Waals surface area contributed by atoms with Gasteiger partial charge in [0.15, 0.2) is 0 Å². The van der Waals surface area contributed by atoms with Crippen molar-refractivity contribution in [2.24, 2.45) is 0 Å². The second-order valence-electron chi connectivity index (χ2n) is 16.7. The summed E-state index contributed by atoms with van der Waals surface area (Å²) in [6.07, 6.45) is 0. The average molecular weight is 847 g/mol.